The number of carbonyl (C=O) groups is 3. The van der Waals surface area contributed by atoms with Gasteiger partial charge < -0.3 is 27.2 Å². The summed E-state index contributed by atoms with van der Waals surface area (Å²) in [6, 6.07) is 11.2. The maximum Gasteiger partial charge on any atom is 0.242 e. The summed E-state index contributed by atoms with van der Waals surface area (Å²) in [6.45, 7) is 3.89. The third-order valence-corrected chi connectivity index (χ3v) is 12.6. The lowest BCUT2D eigenvalue weighted by molar-refractivity contribution is -0.124. The van der Waals surface area contributed by atoms with Crippen LogP contribution in [0.4, 0.5) is 5.82 Å². The van der Waals surface area contributed by atoms with Crippen LogP contribution in [0.1, 0.15) is 87.6 Å². The molecule has 13 heteroatoms. The number of halogens is 2. The van der Waals surface area contributed by atoms with E-state index in [0.717, 1.165) is 29.9 Å². The summed E-state index contributed by atoms with van der Waals surface area (Å²) < 4.78 is -0.105. The molecule has 1 saturated heterocycles. The summed E-state index contributed by atoms with van der Waals surface area (Å²) in [4.78, 5) is 45.5. The zero-order valence-corrected chi connectivity index (χ0v) is 31.2. The quantitative estimate of drug-likeness (QED) is 0.135. The fourth-order valence-electron chi connectivity index (χ4n) is 6.38. The lowest BCUT2D eigenvalue weighted by Crippen LogP contribution is -2.61. The van der Waals surface area contributed by atoms with Crippen molar-refractivity contribution in [3.05, 3.63) is 59.8 Å². The molecule has 1 aliphatic heterocycles. The predicted octanol–water partition coefficient (Wildman–Crippen LogP) is 5.76. The highest BCUT2D eigenvalue weighted by molar-refractivity contribution is 8.20. The molecule has 268 valence electrons. The number of rotatable bonds is 16. The first kappa shape index (κ1) is 42.3. The lowest BCUT2D eigenvalue weighted by atomic mass is 9.77. The van der Waals surface area contributed by atoms with E-state index in [1.165, 1.54) is 38.3 Å². The fraction of sp³-hybridized carbons (Fsp3) is 0.600. The molecule has 2 fully saturated rings. The van der Waals surface area contributed by atoms with Crippen molar-refractivity contribution in [2.45, 2.75) is 106 Å². The van der Waals surface area contributed by atoms with E-state index in [-0.39, 0.29) is 71.2 Å². The van der Waals surface area contributed by atoms with E-state index in [1.807, 2.05) is 44.2 Å². The number of anilines is 1. The number of ketones is 1. The summed E-state index contributed by atoms with van der Waals surface area (Å²) in [5.74, 6) is 1.57. The van der Waals surface area contributed by atoms with Gasteiger partial charge in [-0.05, 0) is 42.4 Å². The number of amides is 2. The average Bonchev–Trinajstić information content (AvgIpc) is 3.62. The molecule has 7 N–H and O–H groups in total. The fourth-order valence-corrected chi connectivity index (χ4v) is 9.24. The van der Waals surface area contributed by atoms with Crippen molar-refractivity contribution >= 4 is 71.8 Å². The number of aromatic nitrogens is 1. The van der Waals surface area contributed by atoms with Crippen LogP contribution in [0.2, 0.25) is 0 Å². The van der Waals surface area contributed by atoms with Crippen LogP contribution < -0.4 is 22.1 Å². The number of aliphatic hydroxyl groups excluding tert-OH is 1. The molecular formula is C35H53Cl2N5O4S2. The molecule has 48 heavy (non-hydrogen) atoms. The van der Waals surface area contributed by atoms with Crippen LogP contribution in [0.5, 0.6) is 0 Å². The SMILES string of the molecule is CC[C@H](C)[C@H](N)C(=O)Nc1ccc(C(=O)[C@](Cc2ccccc2)(CC(O)CCC2CCCCC2)NC(=O)[C@@H](N)C2SCCS2)cn1.Cl.Cl. The van der Waals surface area contributed by atoms with E-state index in [1.54, 1.807) is 35.7 Å². The number of carbonyl (C=O) groups excluding carboxylic acids is 3. The molecule has 5 atom stereocenters. The van der Waals surface area contributed by atoms with Crippen molar-refractivity contribution in [1.82, 2.24) is 10.3 Å². The molecule has 0 spiro atoms. The predicted molar refractivity (Wildman–Crippen MR) is 203 cm³/mol. The first-order chi connectivity index (χ1) is 22.1. The standard InChI is InChI=1S/C35H51N5O4S2.2ClH/c1-3-23(2)29(36)32(43)39-28-17-15-26(22-38-28)31(42)35(20-25-12-8-5-9-13-25,40-33(44)30(37)34-45-18-19-46-34)21-27(41)16-14-24-10-6-4-7-11-24;;/h5,8-9,12-13,15,17,22-24,27,29-30,34,41H,3-4,6-7,10-11,14,16,18-21,36-37H2,1-2H3,(H,40,44)(H,38,39,43);2*1H/t23-,27?,29-,30+,35-;;/m0../s1. The number of hydrogen-bond acceptors (Lipinski definition) is 9. The van der Waals surface area contributed by atoms with Gasteiger partial charge >= 0.3 is 0 Å². The Balaban J connectivity index is 0.00000400. The molecule has 2 heterocycles. The second kappa shape index (κ2) is 20.7. The number of thioether (sulfide) groups is 2. The van der Waals surface area contributed by atoms with Crippen molar-refractivity contribution in [3.8, 4) is 0 Å². The van der Waals surface area contributed by atoms with Gasteiger partial charge in [0.05, 0.1) is 16.7 Å². The van der Waals surface area contributed by atoms with Gasteiger partial charge in [-0.2, -0.15) is 0 Å². The van der Waals surface area contributed by atoms with Crippen LogP contribution >= 0.6 is 48.3 Å². The van der Waals surface area contributed by atoms with Crippen LogP contribution in [0.3, 0.4) is 0 Å². The van der Waals surface area contributed by atoms with Gasteiger partial charge in [0.25, 0.3) is 0 Å². The Labute approximate surface area is 306 Å². The third kappa shape index (κ3) is 11.9. The zero-order valence-electron chi connectivity index (χ0n) is 28.0. The highest BCUT2D eigenvalue weighted by Gasteiger charge is 2.44. The Hall–Kier alpha value is -1.86. The minimum Gasteiger partial charge on any atom is -0.393 e. The van der Waals surface area contributed by atoms with E-state index in [4.69, 9.17) is 11.5 Å². The molecule has 1 aromatic carbocycles. The number of benzene rings is 1. The van der Waals surface area contributed by atoms with Crippen molar-refractivity contribution in [3.63, 3.8) is 0 Å². The number of nitrogens with one attached hydrogen (secondary N) is 2. The van der Waals surface area contributed by atoms with Gasteiger partial charge in [-0.3, -0.25) is 14.4 Å². The van der Waals surface area contributed by atoms with Crippen LogP contribution in [0, 0.1) is 11.8 Å². The zero-order chi connectivity index (χ0) is 33.1. The van der Waals surface area contributed by atoms with Gasteiger partial charge in [-0.25, -0.2) is 4.98 Å². The maximum absolute atomic E-state index is 14.6. The summed E-state index contributed by atoms with van der Waals surface area (Å²) in [5, 5.41) is 17.3. The highest BCUT2D eigenvalue weighted by Crippen LogP contribution is 2.35. The second-order valence-electron chi connectivity index (χ2n) is 13.0. The Kier molecular flexibility index (Phi) is 18.3. The topological polar surface area (TPSA) is 160 Å². The van der Waals surface area contributed by atoms with E-state index in [0.29, 0.717) is 12.3 Å². The Morgan fingerprint density at radius 1 is 1.00 bits per heavy atom. The van der Waals surface area contributed by atoms with Crippen molar-refractivity contribution in [2.75, 3.05) is 16.8 Å². The number of Topliss-reactive ketones (excluding diaryl/α,β-unsaturated/α-hetero) is 1. The number of aliphatic hydroxyl groups is 1. The maximum atomic E-state index is 14.6. The lowest BCUT2D eigenvalue weighted by Gasteiger charge is -2.37. The average molecular weight is 743 g/mol. The van der Waals surface area contributed by atoms with Gasteiger partial charge in [0.15, 0.2) is 5.78 Å². The van der Waals surface area contributed by atoms with Crippen LogP contribution in [-0.4, -0.2) is 67.5 Å². The molecule has 4 rings (SSSR count). The van der Waals surface area contributed by atoms with E-state index < -0.39 is 29.6 Å². The molecule has 9 nitrogen and oxygen atoms in total. The molecule has 2 aromatic rings. The number of pyridine rings is 1. The van der Waals surface area contributed by atoms with Gasteiger partial charge in [0.2, 0.25) is 11.8 Å². The molecule has 1 saturated carbocycles. The second-order valence-corrected chi connectivity index (χ2v) is 15.8. The summed E-state index contributed by atoms with van der Waals surface area (Å²) >= 11 is 3.30. The molecule has 2 aliphatic rings. The molecule has 0 bridgehead atoms. The molecule has 1 aliphatic carbocycles. The van der Waals surface area contributed by atoms with Crippen molar-refractivity contribution < 1.29 is 19.5 Å². The largest absolute Gasteiger partial charge is 0.393 e. The smallest absolute Gasteiger partial charge is 0.242 e. The van der Waals surface area contributed by atoms with E-state index >= 15 is 0 Å². The third-order valence-electron chi connectivity index (χ3n) is 9.44. The molecule has 0 radical (unpaired) electrons. The monoisotopic (exact) mass is 741 g/mol. The van der Waals surface area contributed by atoms with Gasteiger partial charge in [-0.1, -0.05) is 82.7 Å². The molecule has 1 aromatic heterocycles. The molecule has 1 unspecified atom stereocenters. The van der Waals surface area contributed by atoms with Crippen molar-refractivity contribution in [1.29, 1.82) is 0 Å². The van der Waals surface area contributed by atoms with Crippen LogP contribution in [0.25, 0.3) is 0 Å². The summed E-state index contributed by atoms with van der Waals surface area (Å²) in [6.07, 6.45) is 9.05. The molecule has 2 amide bonds. The first-order valence-electron chi connectivity index (χ1n) is 16.7. The Bertz CT molecular complexity index is 1280. The minimum absolute atomic E-state index is 0. The van der Waals surface area contributed by atoms with Crippen molar-refractivity contribution in [2.24, 2.45) is 23.3 Å². The van der Waals surface area contributed by atoms with Gasteiger partial charge in [-0.15, -0.1) is 48.3 Å². The highest BCUT2D eigenvalue weighted by atomic mass is 35.5. The van der Waals surface area contributed by atoms with Crippen LogP contribution in [-0.2, 0) is 16.0 Å². The van der Waals surface area contributed by atoms with E-state index in [9.17, 15) is 19.5 Å². The van der Waals surface area contributed by atoms with Gasteiger partial charge in [0.1, 0.15) is 17.4 Å². The normalized spacial score (nSPS) is 19.0. The number of hydrogen-bond donors (Lipinski definition) is 5. The minimum atomic E-state index is -1.47. The number of nitrogens with zero attached hydrogens (tertiary/aromatic N) is 1. The molecular weight excluding hydrogens is 689 g/mol. The van der Waals surface area contributed by atoms with Gasteiger partial charge in [0, 0.05) is 36.1 Å². The first-order valence-corrected chi connectivity index (χ1v) is 18.8. The number of nitrogens with two attached hydrogens (primary N) is 2. The van der Waals surface area contributed by atoms with Crippen LogP contribution in [0.15, 0.2) is 48.7 Å². The Morgan fingerprint density at radius 2 is 1.67 bits per heavy atom. The summed E-state index contributed by atoms with van der Waals surface area (Å²) in [5.41, 5.74) is 12.2. The summed E-state index contributed by atoms with van der Waals surface area (Å²) in [7, 11) is 0. The Morgan fingerprint density at radius 3 is 2.27 bits per heavy atom. The van der Waals surface area contributed by atoms with E-state index in [2.05, 4.69) is 15.6 Å².